The van der Waals surface area contributed by atoms with Crippen LogP contribution in [0, 0.1) is 44.8 Å². The lowest BCUT2D eigenvalue weighted by molar-refractivity contribution is -0.356. The molecule has 306 valence electrons. The SMILES string of the molecule is CC(=O)[C@H](C)CC[C@@]1(C(=O)O)C=C2C=C[C@@H]3[C@@]4(C)CC[C@H](O[C@@H]5OC[C@H](O)[C@H](O[C@@H]6O[C@H](CO)[C@@H](O)[C@H](O)[C@H]6O)[C@H]5O)C(C)(C)[C@@H]4CC[C@@]3(C)[C@]2(C)CC1. The second-order valence-corrected chi connectivity index (χ2v) is 18.8. The summed E-state index contributed by atoms with van der Waals surface area (Å²) in [5, 5.41) is 73.2. The number of carboxylic acids is 1. The molecule has 0 aromatic carbocycles. The van der Waals surface area contributed by atoms with Crippen molar-refractivity contribution in [1.29, 1.82) is 0 Å². The van der Waals surface area contributed by atoms with Crippen molar-refractivity contribution in [2.45, 2.75) is 161 Å². The Balaban J connectivity index is 1.19. The maximum Gasteiger partial charge on any atom is 0.313 e. The molecule has 4 aliphatic carbocycles. The maximum absolute atomic E-state index is 12.8. The minimum atomic E-state index is -1.70. The van der Waals surface area contributed by atoms with E-state index in [0.29, 0.717) is 25.7 Å². The largest absolute Gasteiger partial charge is 0.481 e. The van der Waals surface area contributed by atoms with Gasteiger partial charge < -0.3 is 54.7 Å². The van der Waals surface area contributed by atoms with Crippen molar-refractivity contribution >= 4 is 11.8 Å². The molecule has 0 bridgehead atoms. The third-order valence-corrected chi connectivity index (χ3v) is 15.7. The summed E-state index contributed by atoms with van der Waals surface area (Å²) >= 11 is 0. The minimum Gasteiger partial charge on any atom is -0.481 e. The Kier molecular flexibility index (Phi) is 11.5. The van der Waals surface area contributed by atoms with Crippen molar-refractivity contribution in [2.75, 3.05) is 13.2 Å². The summed E-state index contributed by atoms with van der Waals surface area (Å²) in [5.41, 5.74) is -0.699. The summed E-state index contributed by atoms with van der Waals surface area (Å²) in [4.78, 5) is 24.8. The van der Waals surface area contributed by atoms with Crippen molar-refractivity contribution in [3.63, 3.8) is 0 Å². The quantitative estimate of drug-likeness (QED) is 0.160. The zero-order valence-electron chi connectivity index (χ0n) is 32.9. The molecular formula is C41H64O13. The minimum absolute atomic E-state index is 0.0797. The van der Waals surface area contributed by atoms with Crippen LogP contribution < -0.4 is 0 Å². The van der Waals surface area contributed by atoms with Gasteiger partial charge in [-0.15, -0.1) is 0 Å². The molecule has 2 aliphatic heterocycles. The number of rotatable bonds is 10. The van der Waals surface area contributed by atoms with Gasteiger partial charge in [-0.25, -0.2) is 0 Å². The molecule has 0 spiro atoms. The summed E-state index contributed by atoms with van der Waals surface area (Å²) in [6.07, 6.45) is -1.09. The lowest BCUT2D eigenvalue weighted by Crippen LogP contribution is -2.64. The van der Waals surface area contributed by atoms with Gasteiger partial charge in [0.05, 0.1) is 24.7 Å². The van der Waals surface area contributed by atoms with E-state index in [1.54, 1.807) is 6.92 Å². The van der Waals surface area contributed by atoms with Gasteiger partial charge in [-0.1, -0.05) is 59.8 Å². The van der Waals surface area contributed by atoms with Gasteiger partial charge in [-0.05, 0) is 97.4 Å². The van der Waals surface area contributed by atoms with Gasteiger partial charge in [0.15, 0.2) is 12.6 Å². The monoisotopic (exact) mass is 764 g/mol. The van der Waals surface area contributed by atoms with Crippen LogP contribution in [0.2, 0.25) is 0 Å². The zero-order valence-corrected chi connectivity index (χ0v) is 32.9. The van der Waals surface area contributed by atoms with E-state index in [0.717, 1.165) is 31.3 Å². The number of aliphatic hydroxyl groups is 6. The van der Waals surface area contributed by atoms with Crippen molar-refractivity contribution < 1.29 is 64.3 Å². The van der Waals surface area contributed by atoms with Gasteiger partial charge >= 0.3 is 5.97 Å². The number of fused-ring (bicyclic) bond motifs is 5. The van der Waals surface area contributed by atoms with Gasteiger partial charge in [-0.3, -0.25) is 9.59 Å². The number of carbonyl (C=O) groups is 2. The fraction of sp³-hybridized carbons (Fsp3) is 0.854. The molecule has 0 aromatic rings. The number of ketones is 1. The number of carbonyl (C=O) groups excluding carboxylic acids is 1. The summed E-state index contributed by atoms with van der Waals surface area (Å²) in [6.45, 7) is 14.1. The van der Waals surface area contributed by atoms with Crippen LogP contribution in [-0.2, 0) is 28.5 Å². The number of aliphatic hydroxyl groups excluding tert-OH is 6. The molecule has 2 saturated carbocycles. The molecular weight excluding hydrogens is 700 g/mol. The molecule has 6 aliphatic rings. The molecule has 0 amide bonds. The van der Waals surface area contributed by atoms with E-state index in [2.05, 4.69) is 46.8 Å². The van der Waals surface area contributed by atoms with Crippen molar-refractivity contribution in [1.82, 2.24) is 0 Å². The van der Waals surface area contributed by atoms with Crippen LogP contribution in [0.1, 0.15) is 99.8 Å². The number of hydrogen-bond donors (Lipinski definition) is 7. The molecule has 0 radical (unpaired) electrons. The Morgan fingerprint density at radius 1 is 0.907 bits per heavy atom. The second-order valence-electron chi connectivity index (χ2n) is 18.8. The molecule has 13 heteroatoms. The van der Waals surface area contributed by atoms with Gasteiger partial charge in [-0.2, -0.15) is 0 Å². The Hall–Kier alpha value is -1.78. The molecule has 2 heterocycles. The topological polar surface area (TPSA) is 213 Å². The van der Waals surface area contributed by atoms with Gasteiger partial charge in [0, 0.05) is 5.92 Å². The molecule has 54 heavy (non-hydrogen) atoms. The Morgan fingerprint density at radius 3 is 2.26 bits per heavy atom. The fourth-order valence-electron chi connectivity index (χ4n) is 11.7. The maximum atomic E-state index is 12.8. The molecule has 7 N–H and O–H groups in total. The number of ether oxygens (including phenoxy) is 4. The predicted octanol–water partition coefficient (Wildman–Crippen LogP) is 2.87. The van der Waals surface area contributed by atoms with Gasteiger partial charge in [0.25, 0.3) is 0 Å². The van der Waals surface area contributed by atoms with Crippen LogP contribution in [0.25, 0.3) is 0 Å². The highest BCUT2D eigenvalue weighted by atomic mass is 16.7. The predicted molar refractivity (Wildman–Crippen MR) is 194 cm³/mol. The lowest BCUT2D eigenvalue weighted by atomic mass is 9.36. The van der Waals surface area contributed by atoms with Crippen LogP contribution in [-0.4, -0.2) is 122 Å². The van der Waals surface area contributed by atoms with E-state index in [1.165, 1.54) is 0 Å². The third kappa shape index (κ3) is 6.65. The fourth-order valence-corrected chi connectivity index (χ4v) is 11.7. The van der Waals surface area contributed by atoms with E-state index >= 15 is 0 Å². The van der Waals surface area contributed by atoms with Crippen LogP contribution >= 0.6 is 0 Å². The van der Waals surface area contributed by atoms with Crippen molar-refractivity contribution in [3.8, 4) is 0 Å². The van der Waals surface area contributed by atoms with E-state index in [9.17, 15) is 45.3 Å². The van der Waals surface area contributed by atoms with Crippen molar-refractivity contribution in [2.24, 2.45) is 44.8 Å². The zero-order chi connectivity index (χ0) is 39.8. The summed E-state index contributed by atoms with van der Waals surface area (Å²) in [5.74, 6) is -0.457. The van der Waals surface area contributed by atoms with Crippen LogP contribution in [0.3, 0.4) is 0 Å². The first-order valence-electron chi connectivity index (χ1n) is 19.9. The summed E-state index contributed by atoms with van der Waals surface area (Å²) in [7, 11) is 0. The Bertz CT molecular complexity index is 1480. The van der Waals surface area contributed by atoms with Crippen molar-refractivity contribution in [3.05, 3.63) is 23.8 Å². The molecule has 4 fully saturated rings. The van der Waals surface area contributed by atoms with E-state index in [4.69, 9.17) is 18.9 Å². The third-order valence-electron chi connectivity index (χ3n) is 15.7. The first-order chi connectivity index (χ1) is 25.2. The average molecular weight is 765 g/mol. The van der Waals surface area contributed by atoms with E-state index in [1.807, 2.05) is 13.0 Å². The number of hydrogen-bond acceptors (Lipinski definition) is 12. The van der Waals surface area contributed by atoms with E-state index in [-0.39, 0.29) is 57.9 Å². The number of Topliss-reactive ketones (excluding diaryl/α,β-unsaturated/α-hetero) is 1. The first-order valence-corrected chi connectivity index (χ1v) is 19.9. The standard InChI is InChI=1S/C41H64O13/c1-21(22(2)43)10-15-41(36(49)50)17-16-39(6)23(18-41)8-9-27-38(5)13-12-28(37(3,4)26(38)11-14-40(27,39)7)53-34-32(48)33(24(44)20-51-34)54-35-31(47)30(46)29(45)25(19-42)52-35/h8-9,18,21,24-35,42,44-48H,10-17,19-20H2,1-7H3,(H,49,50)/t21-,24+,25-,26+,27-,28+,29-,30+,31-,32-,33+,34+,35+,38+,39-,40-,41+/m1/s1. The lowest BCUT2D eigenvalue weighted by Gasteiger charge is -2.69. The van der Waals surface area contributed by atoms with E-state index < -0.39 is 73.3 Å². The number of allylic oxidation sites excluding steroid dienone is 3. The van der Waals surface area contributed by atoms with Crippen LogP contribution in [0.15, 0.2) is 23.8 Å². The second kappa shape index (κ2) is 14.9. The highest BCUT2D eigenvalue weighted by Crippen LogP contribution is 2.72. The Labute approximate surface area is 318 Å². The highest BCUT2D eigenvalue weighted by molar-refractivity contribution is 5.79. The van der Waals surface area contributed by atoms with Gasteiger partial charge in [0.2, 0.25) is 0 Å². The smallest absolute Gasteiger partial charge is 0.313 e. The molecule has 2 saturated heterocycles. The first kappa shape index (κ1) is 41.8. The summed E-state index contributed by atoms with van der Waals surface area (Å²) < 4.78 is 23.7. The van der Waals surface area contributed by atoms with Crippen LogP contribution in [0.5, 0.6) is 0 Å². The number of carboxylic acid groups (broad SMARTS) is 1. The summed E-state index contributed by atoms with van der Waals surface area (Å²) in [6, 6.07) is 0. The Morgan fingerprint density at radius 2 is 1.61 bits per heavy atom. The number of aliphatic carboxylic acids is 1. The normalized spacial score (nSPS) is 49.2. The molecule has 6 rings (SSSR count). The van der Waals surface area contributed by atoms with Crippen LogP contribution in [0.4, 0.5) is 0 Å². The average Bonchev–Trinajstić information content (AvgIpc) is 3.11. The highest BCUT2D eigenvalue weighted by Gasteiger charge is 2.66. The molecule has 0 aromatic heterocycles. The molecule has 13 nitrogen and oxygen atoms in total. The molecule has 17 atom stereocenters. The van der Waals surface area contributed by atoms with Gasteiger partial charge in [0.1, 0.15) is 48.5 Å². The molecule has 0 unspecified atom stereocenters.